The lowest BCUT2D eigenvalue weighted by molar-refractivity contribution is -0.155. The molecule has 1 aliphatic heterocycles. The number of halogens is 2. The maximum atomic E-state index is 13.8. The maximum absolute atomic E-state index is 13.8. The van der Waals surface area contributed by atoms with Gasteiger partial charge in [-0.2, -0.15) is 0 Å². The zero-order chi connectivity index (χ0) is 25.0. The summed E-state index contributed by atoms with van der Waals surface area (Å²) in [5.41, 5.74) is 0.982. The third-order valence-corrected chi connectivity index (χ3v) is 6.15. The molecule has 1 fully saturated rings. The van der Waals surface area contributed by atoms with Crippen molar-refractivity contribution in [3.8, 4) is 0 Å². The van der Waals surface area contributed by atoms with E-state index in [9.17, 15) is 9.59 Å². The summed E-state index contributed by atoms with van der Waals surface area (Å²) >= 11 is 12.5. The summed E-state index contributed by atoms with van der Waals surface area (Å²) in [4.78, 5) is 28.2. The Balaban J connectivity index is 2.17. The fourth-order valence-electron chi connectivity index (χ4n) is 4.19. The summed E-state index contributed by atoms with van der Waals surface area (Å²) in [6.45, 7) is 9.40. The third kappa shape index (κ3) is 6.13. The number of hydrogen-bond acceptors (Lipinski definition) is 4. The molecule has 1 amide bonds. The Morgan fingerprint density at radius 2 is 1.71 bits per heavy atom. The van der Waals surface area contributed by atoms with Gasteiger partial charge >= 0.3 is 5.97 Å². The van der Waals surface area contributed by atoms with Crippen molar-refractivity contribution < 1.29 is 19.1 Å². The summed E-state index contributed by atoms with van der Waals surface area (Å²) in [6.07, 6.45) is 2.05. The van der Waals surface area contributed by atoms with Crippen LogP contribution in [0.1, 0.15) is 70.7 Å². The largest absolute Gasteiger partial charge is 0.477 e. The molecule has 2 aromatic rings. The number of nitrogens with zero attached hydrogens (tertiary/aromatic N) is 1. The van der Waals surface area contributed by atoms with Crippen LogP contribution < -0.4 is 0 Å². The highest BCUT2D eigenvalue weighted by molar-refractivity contribution is 6.30. The van der Waals surface area contributed by atoms with Crippen LogP contribution in [-0.4, -0.2) is 28.4 Å². The second-order valence-electron chi connectivity index (χ2n) is 9.31. The van der Waals surface area contributed by atoms with Crippen LogP contribution in [0.25, 0.3) is 0 Å². The van der Waals surface area contributed by atoms with Crippen molar-refractivity contribution in [3.63, 3.8) is 0 Å². The molecule has 1 aliphatic rings. The van der Waals surface area contributed by atoms with Crippen molar-refractivity contribution >= 4 is 35.1 Å². The highest BCUT2D eigenvalue weighted by Crippen LogP contribution is 2.45. The van der Waals surface area contributed by atoms with Crippen molar-refractivity contribution in [3.05, 3.63) is 81.5 Å². The fraction of sp³-hybridized carbons (Fsp3) is 0.407. The van der Waals surface area contributed by atoms with Crippen LogP contribution in [0.4, 0.5) is 0 Å². The number of carbonyl (C=O) groups is 2. The lowest BCUT2D eigenvalue weighted by atomic mass is 9.90. The first-order valence-corrected chi connectivity index (χ1v) is 12.2. The van der Waals surface area contributed by atoms with Gasteiger partial charge in [0.05, 0.1) is 12.1 Å². The molecule has 1 heterocycles. The molecule has 5 nitrogen and oxygen atoms in total. The van der Waals surface area contributed by atoms with E-state index in [1.807, 2.05) is 49.1 Å². The van der Waals surface area contributed by atoms with Gasteiger partial charge in [-0.25, -0.2) is 4.79 Å². The molecule has 0 saturated carbocycles. The van der Waals surface area contributed by atoms with Gasteiger partial charge < -0.3 is 14.4 Å². The van der Waals surface area contributed by atoms with Crippen LogP contribution >= 0.6 is 23.2 Å². The molecule has 0 N–H and O–H groups in total. The Bertz CT molecular complexity index is 1060. The topological polar surface area (TPSA) is 55.8 Å². The van der Waals surface area contributed by atoms with Crippen LogP contribution in [-0.2, 0) is 19.1 Å². The van der Waals surface area contributed by atoms with Gasteiger partial charge in [0.1, 0.15) is 11.7 Å². The maximum Gasteiger partial charge on any atom is 0.335 e. The van der Waals surface area contributed by atoms with Crippen molar-refractivity contribution in [2.24, 2.45) is 0 Å². The molecule has 0 aliphatic carbocycles. The SMILES string of the molecule is CCC(CC)N1C(=O)C(=CC(=O)OC(C)(C)C)O[C@H](c2cccc(Cl)c2)[C@H]1c1ccc(Cl)cc1. The molecule has 182 valence electrons. The molecule has 0 unspecified atom stereocenters. The molecule has 0 radical (unpaired) electrons. The van der Waals surface area contributed by atoms with E-state index in [4.69, 9.17) is 32.7 Å². The lowest BCUT2D eigenvalue weighted by Gasteiger charge is -2.46. The average Bonchev–Trinajstić information content (AvgIpc) is 2.76. The number of esters is 1. The predicted molar refractivity (Wildman–Crippen MR) is 135 cm³/mol. The summed E-state index contributed by atoms with van der Waals surface area (Å²) < 4.78 is 11.7. The van der Waals surface area contributed by atoms with Crippen LogP contribution in [0, 0.1) is 0 Å². The Hall–Kier alpha value is -2.50. The minimum Gasteiger partial charge on any atom is -0.477 e. The van der Waals surface area contributed by atoms with E-state index >= 15 is 0 Å². The third-order valence-electron chi connectivity index (χ3n) is 5.67. The van der Waals surface area contributed by atoms with Crippen LogP contribution in [0.3, 0.4) is 0 Å². The molecular weight excluding hydrogens is 473 g/mol. The van der Waals surface area contributed by atoms with Crippen LogP contribution in [0.2, 0.25) is 10.0 Å². The van der Waals surface area contributed by atoms with E-state index < -0.39 is 23.7 Å². The first-order chi connectivity index (χ1) is 16.0. The predicted octanol–water partition coefficient (Wildman–Crippen LogP) is 7.05. The van der Waals surface area contributed by atoms with Crippen molar-refractivity contribution in [1.29, 1.82) is 0 Å². The first kappa shape index (κ1) is 26.1. The normalized spacial score (nSPS) is 19.9. The number of rotatable bonds is 6. The zero-order valence-corrected chi connectivity index (χ0v) is 21.7. The molecule has 0 spiro atoms. The van der Waals surface area contributed by atoms with Gasteiger partial charge in [0.2, 0.25) is 0 Å². The Morgan fingerprint density at radius 3 is 2.26 bits per heavy atom. The summed E-state index contributed by atoms with van der Waals surface area (Å²) in [7, 11) is 0. The number of morpholine rings is 1. The number of carbonyl (C=O) groups excluding carboxylic acids is 2. The van der Waals surface area contributed by atoms with Gasteiger partial charge in [-0.05, 0) is 69.0 Å². The van der Waals surface area contributed by atoms with Gasteiger partial charge in [0.25, 0.3) is 5.91 Å². The van der Waals surface area contributed by atoms with E-state index in [0.717, 1.165) is 30.0 Å². The molecule has 2 atom stereocenters. The van der Waals surface area contributed by atoms with Crippen LogP contribution in [0.15, 0.2) is 60.4 Å². The quantitative estimate of drug-likeness (QED) is 0.313. The number of hydrogen-bond donors (Lipinski definition) is 0. The Kier molecular flexibility index (Phi) is 8.32. The number of amides is 1. The number of benzene rings is 2. The molecule has 0 aromatic heterocycles. The Labute approximate surface area is 211 Å². The van der Waals surface area contributed by atoms with Gasteiger partial charge in [-0.1, -0.05) is 61.3 Å². The molecule has 34 heavy (non-hydrogen) atoms. The molecule has 2 aromatic carbocycles. The van der Waals surface area contributed by atoms with Crippen LogP contribution in [0.5, 0.6) is 0 Å². The summed E-state index contributed by atoms with van der Waals surface area (Å²) in [6, 6.07) is 14.2. The highest BCUT2D eigenvalue weighted by Gasteiger charge is 2.44. The van der Waals surface area contributed by atoms with Crippen molar-refractivity contribution in [2.45, 2.75) is 71.2 Å². The smallest absolute Gasteiger partial charge is 0.335 e. The minimum atomic E-state index is -0.695. The average molecular weight is 504 g/mol. The second kappa shape index (κ2) is 10.8. The zero-order valence-electron chi connectivity index (χ0n) is 20.2. The van der Waals surface area contributed by atoms with E-state index in [1.54, 1.807) is 39.0 Å². The first-order valence-electron chi connectivity index (χ1n) is 11.5. The van der Waals surface area contributed by atoms with Crippen molar-refractivity contribution in [1.82, 2.24) is 4.90 Å². The van der Waals surface area contributed by atoms with Gasteiger partial charge in [0.15, 0.2) is 5.76 Å². The van der Waals surface area contributed by atoms with Gasteiger partial charge in [-0.15, -0.1) is 0 Å². The Morgan fingerprint density at radius 1 is 1.06 bits per heavy atom. The van der Waals surface area contributed by atoms with Gasteiger partial charge in [0, 0.05) is 16.1 Å². The van der Waals surface area contributed by atoms with E-state index in [-0.39, 0.29) is 17.7 Å². The minimum absolute atomic E-state index is 0.0451. The fourth-order valence-corrected chi connectivity index (χ4v) is 4.51. The monoisotopic (exact) mass is 503 g/mol. The molecule has 7 heteroatoms. The summed E-state index contributed by atoms with van der Waals surface area (Å²) in [5.74, 6) is -1.02. The second-order valence-corrected chi connectivity index (χ2v) is 10.2. The molecule has 0 bridgehead atoms. The highest BCUT2D eigenvalue weighted by atomic mass is 35.5. The molecule has 1 saturated heterocycles. The molecular formula is C27H31Cl2NO4. The van der Waals surface area contributed by atoms with E-state index in [2.05, 4.69) is 0 Å². The standard InChI is InChI=1S/C27H31Cl2NO4/c1-6-21(7-2)30-24(17-11-13-19(28)14-12-17)25(18-9-8-10-20(29)15-18)33-22(26(30)32)16-23(31)34-27(3,4)5/h8-16,21,24-25H,6-7H2,1-5H3/t24-,25-/m1/s1. The summed E-state index contributed by atoms with van der Waals surface area (Å²) in [5, 5.41) is 1.16. The lowest BCUT2D eigenvalue weighted by Crippen LogP contribution is -2.49. The van der Waals surface area contributed by atoms with Crippen molar-refractivity contribution in [2.75, 3.05) is 0 Å². The van der Waals surface area contributed by atoms with E-state index in [1.165, 1.54) is 0 Å². The van der Waals surface area contributed by atoms with E-state index in [0.29, 0.717) is 10.0 Å². The number of ether oxygens (including phenoxy) is 2. The molecule has 3 rings (SSSR count). The van der Waals surface area contributed by atoms with Gasteiger partial charge in [-0.3, -0.25) is 4.79 Å².